The number of rotatable bonds is 4. The standard InChI is InChI=1S/C11H11N5O2S/c1-2-10-13-14-11(19)15(10)12-7-8-3-5-9(6-4-8)16(17)18/h3-7H,2H2,1H3,(H,14,19)/b12-7-. The van der Waals surface area contributed by atoms with Crippen LogP contribution in [0.15, 0.2) is 29.4 Å². The Bertz CT molecular complexity index is 671. The predicted molar refractivity (Wildman–Crippen MR) is 72.9 cm³/mol. The van der Waals surface area contributed by atoms with Crippen LogP contribution in [0.2, 0.25) is 0 Å². The van der Waals surface area contributed by atoms with E-state index in [0.29, 0.717) is 11.2 Å². The molecule has 2 rings (SSSR count). The van der Waals surface area contributed by atoms with Gasteiger partial charge in [-0.25, -0.2) is 0 Å². The highest BCUT2D eigenvalue weighted by Crippen LogP contribution is 2.10. The van der Waals surface area contributed by atoms with E-state index in [1.807, 2.05) is 6.92 Å². The number of aromatic nitrogens is 3. The van der Waals surface area contributed by atoms with E-state index in [4.69, 9.17) is 12.2 Å². The number of H-pyrrole nitrogens is 1. The van der Waals surface area contributed by atoms with Crippen molar-refractivity contribution in [3.63, 3.8) is 0 Å². The third kappa shape index (κ3) is 2.91. The van der Waals surface area contributed by atoms with Crippen molar-refractivity contribution < 1.29 is 4.92 Å². The van der Waals surface area contributed by atoms with Gasteiger partial charge in [0.05, 0.1) is 11.1 Å². The van der Waals surface area contributed by atoms with E-state index in [2.05, 4.69) is 15.3 Å². The van der Waals surface area contributed by atoms with Crippen molar-refractivity contribution in [3.05, 3.63) is 50.5 Å². The van der Waals surface area contributed by atoms with Crippen molar-refractivity contribution in [3.8, 4) is 0 Å². The number of aromatic amines is 1. The molecule has 2 aromatic rings. The molecule has 0 saturated heterocycles. The maximum atomic E-state index is 10.5. The lowest BCUT2D eigenvalue weighted by Gasteiger charge is -1.97. The molecule has 0 amide bonds. The summed E-state index contributed by atoms with van der Waals surface area (Å²) >= 11 is 5.05. The first kappa shape index (κ1) is 13.1. The number of hydrogen-bond donors (Lipinski definition) is 1. The first-order chi connectivity index (χ1) is 9.11. The molecule has 0 bridgehead atoms. The van der Waals surface area contributed by atoms with E-state index < -0.39 is 4.92 Å². The van der Waals surface area contributed by atoms with Gasteiger partial charge in [0.15, 0.2) is 5.82 Å². The Morgan fingerprint density at radius 2 is 2.21 bits per heavy atom. The fraction of sp³-hybridized carbons (Fsp3) is 0.182. The lowest BCUT2D eigenvalue weighted by atomic mass is 10.2. The zero-order valence-corrected chi connectivity index (χ0v) is 10.9. The minimum Gasteiger partial charge on any atom is -0.258 e. The van der Waals surface area contributed by atoms with E-state index in [-0.39, 0.29) is 5.69 Å². The highest BCUT2D eigenvalue weighted by molar-refractivity contribution is 7.71. The molecule has 0 unspecified atom stereocenters. The third-order valence-electron chi connectivity index (χ3n) is 2.46. The maximum Gasteiger partial charge on any atom is 0.269 e. The van der Waals surface area contributed by atoms with Gasteiger partial charge in [0.2, 0.25) is 4.77 Å². The van der Waals surface area contributed by atoms with Crippen LogP contribution in [0, 0.1) is 14.9 Å². The molecule has 1 heterocycles. The normalized spacial score (nSPS) is 11.0. The molecule has 98 valence electrons. The van der Waals surface area contributed by atoms with Crippen LogP contribution in [0.25, 0.3) is 0 Å². The Morgan fingerprint density at radius 3 is 2.79 bits per heavy atom. The van der Waals surface area contributed by atoms with Crippen molar-refractivity contribution >= 4 is 24.1 Å². The number of nitro benzene ring substituents is 1. The Morgan fingerprint density at radius 1 is 1.53 bits per heavy atom. The molecular weight excluding hydrogens is 266 g/mol. The fourth-order valence-corrected chi connectivity index (χ4v) is 1.68. The molecule has 19 heavy (non-hydrogen) atoms. The molecule has 0 saturated carbocycles. The van der Waals surface area contributed by atoms with Crippen LogP contribution >= 0.6 is 12.2 Å². The summed E-state index contributed by atoms with van der Waals surface area (Å²) in [6, 6.07) is 6.10. The molecule has 1 aromatic heterocycles. The number of nitrogens with one attached hydrogen (secondary N) is 1. The minimum absolute atomic E-state index is 0.0475. The van der Waals surface area contributed by atoms with Crippen LogP contribution < -0.4 is 0 Å². The third-order valence-corrected chi connectivity index (χ3v) is 2.72. The molecule has 0 atom stereocenters. The molecule has 8 heteroatoms. The monoisotopic (exact) mass is 277 g/mol. The molecule has 0 spiro atoms. The van der Waals surface area contributed by atoms with Crippen molar-refractivity contribution in [1.29, 1.82) is 0 Å². The number of hydrogen-bond acceptors (Lipinski definition) is 5. The van der Waals surface area contributed by atoms with Crippen molar-refractivity contribution in [2.45, 2.75) is 13.3 Å². The van der Waals surface area contributed by atoms with Gasteiger partial charge in [-0.05, 0) is 29.9 Å². The maximum absolute atomic E-state index is 10.5. The summed E-state index contributed by atoms with van der Waals surface area (Å²) in [5.74, 6) is 0.725. The second-order valence-corrected chi connectivity index (χ2v) is 4.09. The summed E-state index contributed by atoms with van der Waals surface area (Å²) in [6.45, 7) is 1.95. The molecule has 1 aromatic carbocycles. The number of benzene rings is 1. The average Bonchev–Trinajstić information content (AvgIpc) is 2.77. The van der Waals surface area contributed by atoms with Gasteiger partial charge >= 0.3 is 0 Å². The lowest BCUT2D eigenvalue weighted by molar-refractivity contribution is -0.384. The lowest BCUT2D eigenvalue weighted by Crippen LogP contribution is -1.97. The summed E-state index contributed by atoms with van der Waals surface area (Å²) in [5, 5.41) is 21.4. The molecule has 0 aliphatic rings. The van der Waals surface area contributed by atoms with Gasteiger partial charge in [0.25, 0.3) is 5.69 Å². The van der Waals surface area contributed by atoms with Gasteiger partial charge in [-0.15, -0.1) is 0 Å². The van der Waals surface area contributed by atoms with E-state index in [1.165, 1.54) is 16.8 Å². The Hall–Kier alpha value is -2.35. The zero-order valence-electron chi connectivity index (χ0n) is 10.1. The van der Waals surface area contributed by atoms with Crippen molar-refractivity contribution in [2.24, 2.45) is 5.10 Å². The number of non-ortho nitro benzene ring substituents is 1. The largest absolute Gasteiger partial charge is 0.269 e. The minimum atomic E-state index is -0.442. The van der Waals surface area contributed by atoms with Crippen LogP contribution in [0.1, 0.15) is 18.3 Å². The molecular formula is C11H11N5O2S. The SMILES string of the molecule is CCc1n[nH]c(=S)n1/N=C\c1ccc([N+](=O)[O-])cc1. The summed E-state index contributed by atoms with van der Waals surface area (Å²) in [7, 11) is 0. The highest BCUT2D eigenvalue weighted by atomic mass is 32.1. The van der Waals surface area contributed by atoms with Gasteiger partial charge in [-0.1, -0.05) is 6.92 Å². The highest BCUT2D eigenvalue weighted by Gasteiger charge is 2.03. The molecule has 0 aliphatic carbocycles. The summed E-state index contributed by atoms with van der Waals surface area (Å²) < 4.78 is 1.94. The summed E-state index contributed by atoms with van der Waals surface area (Å²) in [4.78, 5) is 10.1. The van der Waals surface area contributed by atoms with E-state index in [9.17, 15) is 10.1 Å². The Kier molecular flexibility index (Phi) is 3.81. The first-order valence-electron chi connectivity index (χ1n) is 5.57. The van der Waals surface area contributed by atoms with Crippen LogP contribution in [-0.4, -0.2) is 26.0 Å². The molecule has 1 N–H and O–H groups in total. The van der Waals surface area contributed by atoms with Crippen LogP contribution in [-0.2, 0) is 6.42 Å². The second-order valence-electron chi connectivity index (χ2n) is 3.70. The van der Waals surface area contributed by atoms with Crippen molar-refractivity contribution in [1.82, 2.24) is 14.9 Å². The Labute approximate surface area is 113 Å². The van der Waals surface area contributed by atoms with E-state index in [0.717, 1.165) is 11.4 Å². The first-order valence-corrected chi connectivity index (χ1v) is 5.97. The average molecular weight is 277 g/mol. The fourth-order valence-electron chi connectivity index (χ4n) is 1.48. The molecule has 7 nitrogen and oxygen atoms in total. The summed E-state index contributed by atoms with van der Waals surface area (Å²) in [6.07, 6.45) is 2.28. The quantitative estimate of drug-likeness (QED) is 0.402. The van der Waals surface area contributed by atoms with Gasteiger partial charge in [-0.2, -0.15) is 14.9 Å². The van der Waals surface area contributed by atoms with Gasteiger partial charge < -0.3 is 0 Å². The second kappa shape index (κ2) is 5.53. The van der Waals surface area contributed by atoms with E-state index >= 15 is 0 Å². The van der Waals surface area contributed by atoms with Gasteiger partial charge in [0.1, 0.15) is 0 Å². The van der Waals surface area contributed by atoms with Crippen LogP contribution in [0.4, 0.5) is 5.69 Å². The van der Waals surface area contributed by atoms with Crippen LogP contribution in [0.5, 0.6) is 0 Å². The van der Waals surface area contributed by atoms with E-state index in [1.54, 1.807) is 18.3 Å². The Balaban J connectivity index is 2.25. The number of aryl methyl sites for hydroxylation is 1. The smallest absolute Gasteiger partial charge is 0.258 e. The predicted octanol–water partition coefficient (Wildman–Crippen LogP) is 2.29. The zero-order chi connectivity index (χ0) is 13.8. The molecule has 0 radical (unpaired) electrons. The van der Waals surface area contributed by atoms with Gasteiger partial charge in [-0.3, -0.25) is 15.2 Å². The number of nitrogens with zero attached hydrogens (tertiary/aromatic N) is 4. The van der Waals surface area contributed by atoms with Crippen LogP contribution in [0.3, 0.4) is 0 Å². The van der Waals surface area contributed by atoms with Gasteiger partial charge in [0, 0.05) is 18.6 Å². The molecule has 0 fully saturated rings. The summed E-state index contributed by atoms with van der Waals surface area (Å²) in [5.41, 5.74) is 0.794. The number of nitro groups is 1. The van der Waals surface area contributed by atoms with Crippen molar-refractivity contribution in [2.75, 3.05) is 0 Å². The molecule has 0 aliphatic heterocycles. The topological polar surface area (TPSA) is 89.1 Å².